The van der Waals surface area contributed by atoms with Gasteiger partial charge in [0.2, 0.25) is 11.9 Å². The minimum Gasteiger partial charge on any atom is -0.342 e. The van der Waals surface area contributed by atoms with Crippen molar-refractivity contribution in [2.24, 2.45) is 7.05 Å². The van der Waals surface area contributed by atoms with Gasteiger partial charge in [-0.05, 0) is 25.0 Å². The summed E-state index contributed by atoms with van der Waals surface area (Å²) >= 11 is 0. The van der Waals surface area contributed by atoms with Crippen molar-refractivity contribution in [3.8, 4) is 0 Å². The number of likely N-dealkylation sites (tertiary alicyclic amines) is 1. The number of hydrogen-bond acceptors (Lipinski definition) is 5. The molecule has 1 amide bonds. The number of hydrogen-bond donors (Lipinski definition) is 0. The second kappa shape index (κ2) is 6.39. The average molecular weight is 328 g/mol. The number of amides is 1. The van der Waals surface area contributed by atoms with Crippen LogP contribution in [0.5, 0.6) is 0 Å². The molecule has 2 aromatic rings. The molecule has 2 aliphatic heterocycles. The summed E-state index contributed by atoms with van der Waals surface area (Å²) in [6.45, 7) is 6.01. The van der Waals surface area contributed by atoms with Crippen molar-refractivity contribution in [2.45, 2.75) is 12.8 Å². The fourth-order valence-electron chi connectivity index (χ4n) is 3.66. The molecule has 7 nitrogen and oxygen atoms in total. The van der Waals surface area contributed by atoms with E-state index < -0.39 is 0 Å². The number of anilines is 1. The van der Waals surface area contributed by atoms with E-state index in [0.29, 0.717) is 6.54 Å². The highest BCUT2D eigenvalue weighted by Crippen LogP contribution is 2.20. The number of carbonyl (C=O) groups is 1. The molecule has 0 aromatic carbocycles. The molecular weight excluding hydrogens is 304 g/mol. The topological polar surface area (TPSA) is 57.5 Å². The van der Waals surface area contributed by atoms with Crippen LogP contribution in [0.3, 0.4) is 0 Å². The molecule has 0 atom stereocenters. The Bertz CT molecular complexity index is 728. The van der Waals surface area contributed by atoms with Crippen LogP contribution in [0.25, 0.3) is 11.2 Å². The van der Waals surface area contributed by atoms with E-state index in [1.807, 2.05) is 24.1 Å². The van der Waals surface area contributed by atoms with Crippen molar-refractivity contribution in [1.82, 2.24) is 24.3 Å². The van der Waals surface area contributed by atoms with Gasteiger partial charge in [0.1, 0.15) is 5.52 Å². The summed E-state index contributed by atoms with van der Waals surface area (Å²) in [5.74, 6) is 1.25. The van der Waals surface area contributed by atoms with E-state index in [9.17, 15) is 4.79 Å². The second-order valence-electron chi connectivity index (χ2n) is 6.67. The van der Waals surface area contributed by atoms with Gasteiger partial charge in [-0.15, -0.1) is 0 Å². The zero-order valence-electron chi connectivity index (χ0n) is 14.2. The molecule has 0 radical (unpaired) electrons. The molecule has 0 spiro atoms. The van der Waals surface area contributed by atoms with E-state index in [1.54, 1.807) is 6.20 Å². The van der Waals surface area contributed by atoms with E-state index in [-0.39, 0.29) is 5.91 Å². The number of fused-ring (bicyclic) bond motifs is 1. The maximum Gasteiger partial charge on any atom is 0.236 e. The number of carbonyl (C=O) groups excluding carboxylic acids is 1. The van der Waals surface area contributed by atoms with Crippen LogP contribution in [0.4, 0.5) is 5.95 Å². The average Bonchev–Trinajstić information content (AvgIpc) is 3.25. The molecule has 4 rings (SSSR count). The standard InChI is InChI=1S/C17H24N6O/c1-20-16-14(5-4-6-18-16)19-17(20)23-11-9-21(10-12-23)13-15(24)22-7-2-3-8-22/h4-6H,2-3,7-13H2,1H3. The third-order valence-electron chi connectivity index (χ3n) is 5.08. The summed E-state index contributed by atoms with van der Waals surface area (Å²) in [4.78, 5) is 28.0. The predicted molar refractivity (Wildman–Crippen MR) is 93.0 cm³/mol. The van der Waals surface area contributed by atoms with Crippen LogP contribution in [0.15, 0.2) is 18.3 Å². The molecule has 2 fully saturated rings. The van der Waals surface area contributed by atoms with Gasteiger partial charge in [-0.1, -0.05) is 0 Å². The molecule has 0 N–H and O–H groups in total. The van der Waals surface area contributed by atoms with Gasteiger partial charge in [0, 0.05) is 52.5 Å². The molecule has 2 aliphatic rings. The highest BCUT2D eigenvalue weighted by Gasteiger charge is 2.25. The summed E-state index contributed by atoms with van der Waals surface area (Å²) in [6, 6.07) is 3.91. The van der Waals surface area contributed by atoms with E-state index >= 15 is 0 Å². The van der Waals surface area contributed by atoms with Crippen molar-refractivity contribution in [3.63, 3.8) is 0 Å². The van der Waals surface area contributed by atoms with Gasteiger partial charge < -0.3 is 9.80 Å². The molecule has 0 bridgehead atoms. The first-order valence-electron chi connectivity index (χ1n) is 8.75. The maximum absolute atomic E-state index is 12.3. The van der Waals surface area contributed by atoms with E-state index in [0.717, 1.165) is 69.2 Å². The first-order chi connectivity index (χ1) is 11.7. The number of rotatable bonds is 3. The Kier molecular flexibility index (Phi) is 4.10. The van der Waals surface area contributed by atoms with E-state index in [1.165, 1.54) is 0 Å². The van der Waals surface area contributed by atoms with Crippen molar-refractivity contribution in [3.05, 3.63) is 18.3 Å². The molecule has 4 heterocycles. The second-order valence-corrected chi connectivity index (χ2v) is 6.67. The molecule has 2 aromatic heterocycles. The number of aromatic nitrogens is 3. The molecule has 0 unspecified atom stereocenters. The molecule has 0 aliphatic carbocycles. The smallest absolute Gasteiger partial charge is 0.236 e. The summed E-state index contributed by atoms with van der Waals surface area (Å²) < 4.78 is 2.06. The Labute approximate surface area is 141 Å². The Morgan fingerprint density at radius 3 is 2.58 bits per heavy atom. The maximum atomic E-state index is 12.3. The van der Waals surface area contributed by atoms with Gasteiger partial charge in [0.05, 0.1) is 6.54 Å². The number of imidazole rings is 1. The highest BCUT2D eigenvalue weighted by molar-refractivity contribution is 5.78. The summed E-state index contributed by atoms with van der Waals surface area (Å²) in [7, 11) is 2.01. The van der Waals surface area contributed by atoms with Crippen LogP contribution in [0, 0.1) is 0 Å². The van der Waals surface area contributed by atoms with Crippen molar-refractivity contribution in [1.29, 1.82) is 0 Å². The highest BCUT2D eigenvalue weighted by atomic mass is 16.2. The Hall–Kier alpha value is -2.15. The molecule has 24 heavy (non-hydrogen) atoms. The molecular formula is C17H24N6O. The third kappa shape index (κ3) is 2.84. The van der Waals surface area contributed by atoms with Gasteiger partial charge in [0.25, 0.3) is 0 Å². The van der Waals surface area contributed by atoms with E-state index in [2.05, 4.69) is 19.4 Å². The molecule has 2 saturated heterocycles. The minimum absolute atomic E-state index is 0.285. The van der Waals surface area contributed by atoms with Gasteiger partial charge >= 0.3 is 0 Å². The number of pyridine rings is 1. The van der Waals surface area contributed by atoms with Gasteiger partial charge in [-0.25, -0.2) is 9.97 Å². The first-order valence-corrected chi connectivity index (χ1v) is 8.75. The van der Waals surface area contributed by atoms with E-state index in [4.69, 9.17) is 4.98 Å². The number of piperazine rings is 1. The first kappa shape index (κ1) is 15.4. The van der Waals surface area contributed by atoms with Crippen LogP contribution in [0.1, 0.15) is 12.8 Å². The number of nitrogens with zero attached hydrogens (tertiary/aromatic N) is 6. The SMILES string of the molecule is Cn1c(N2CCN(CC(=O)N3CCCC3)CC2)nc2cccnc21. The Morgan fingerprint density at radius 1 is 1.12 bits per heavy atom. The quantitative estimate of drug-likeness (QED) is 0.831. The Balaban J connectivity index is 1.38. The summed E-state index contributed by atoms with van der Waals surface area (Å²) in [6.07, 6.45) is 4.11. The van der Waals surface area contributed by atoms with Crippen LogP contribution < -0.4 is 4.90 Å². The zero-order chi connectivity index (χ0) is 16.5. The van der Waals surface area contributed by atoms with Crippen LogP contribution >= 0.6 is 0 Å². The zero-order valence-corrected chi connectivity index (χ0v) is 14.2. The lowest BCUT2D eigenvalue weighted by Crippen LogP contribution is -2.50. The normalized spacial score (nSPS) is 19.4. The Morgan fingerprint density at radius 2 is 1.88 bits per heavy atom. The van der Waals surface area contributed by atoms with Gasteiger partial charge in [0.15, 0.2) is 5.65 Å². The monoisotopic (exact) mass is 328 g/mol. The lowest BCUT2D eigenvalue weighted by molar-refractivity contribution is -0.131. The van der Waals surface area contributed by atoms with Crippen molar-refractivity contribution in [2.75, 3.05) is 50.7 Å². The molecule has 0 saturated carbocycles. The largest absolute Gasteiger partial charge is 0.342 e. The third-order valence-corrected chi connectivity index (χ3v) is 5.08. The van der Waals surface area contributed by atoms with Crippen LogP contribution in [-0.4, -0.2) is 76.1 Å². The molecule has 128 valence electrons. The van der Waals surface area contributed by atoms with Gasteiger partial charge in [-0.3, -0.25) is 14.3 Å². The number of aryl methyl sites for hydroxylation is 1. The fraction of sp³-hybridized carbons (Fsp3) is 0.588. The van der Waals surface area contributed by atoms with Crippen LogP contribution in [-0.2, 0) is 11.8 Å². The lowest BCUT2D eigenvalue weighted by Gasteiger charge is -2.35. The summed E-state index contributed by atoms with van der Waals surface area (Å²) in [5.41, 5.74) is 1.85. The van der Waals surface area contributed by atoms with Crippen molar-refractivity contribution >= 4 is 23.0 Å². The van der Waals surface area contributed by atoms with Crippen LogP contribution in [0.2, 0.25) is 0 Å². The molecule has 7 heteroatoms. The van der Waals surface area contributed by atoms with Crippen molar-refractivity contribution < 1.29 is 4.79 Å². The summed E-state index contributed by atoms with van der Waals surface area (Å²) in [5, 5.41) is 0. The fourth-order valence-corrected chi connectivity index (χ4v) is 3.66. The van der Waals surface area contributed by atoms with Gasteiger partial charge in [-0.2, -0.15) is 0 Å². The minimum atomic E-state index is 0.285. The lowest BCUT2D eigenvalue weighted by atomic mass is 10.3. The predicted octanol–water partition coefficient (Wildman–Crippen LogP) is 0.713.